The quantitative estimate of drug-likeness (QED) is 0.451. The van der Waals surface area contributed by atoms with Gasteiger partial charge < -0.3 is 9.47 Å². The van der Waals surface area contributed by atoms with Gasteiger partial charge in [0, 0.05) is 6.07 Å². The van der Waals surface area contributed by atoms with Crippen molar-refractivity contribution in [1.82, 2.24) is 0 Å². The third-order valence-electron chi connectivity index (χ3n) is 2.94. The van der Waals surface area contributed by atoms with E-state index < -0.39 is 27.2 Å². The predicted molar refractivity (Wildman–Crippen MR) is 82.2 cm³/mol. The van der Waals surface area contributed by atoms with Gasteiger partial charge in [0.25, 0.3) is 5.69 Å². The molecule has 0 radical (unpaired) electrons. The van der Waals surface area contributed by atoms with Gasteiger partial charge in [-0.25, -0.2) is 4.79 Å². The maximum Gasteiger partial charge on any atom is 0.338 e. The fraction of sp³-hybridized carbons (Fsp3) is 0.133. The lowest BCUT2D eigenvalue weighted by molar-refractivity contribution is -0.394. The molecular formula is C15H12N2O7. The number of nitro benzene ring substituents is 2. The molecule has 0 fully saturated rings. The topological polar surface area (TPSA) is 122 Å². The average Bonchev–Trinajstić information content (AvgIpc) is 2.55. The van der Waals surface area contributed by atoms with Crippen LogP contribution in [0.15, 0.2) is 42.5 Å². The molecule has 0 saturated carbocycles. The Morgan fingerprint density at radius 2 is 1.71 bits per heavy atom. The molecule has 9 nitrogen and oxygen atoms in total. The zero-order valence-corrected chi connectivity index (χ0v) is 12.5. The summed E-state index contributed by atoms with van der Waals surface area (Å²) in [5.74, 6) is -0.403. The van der Waals surface area contributed by atoms with E-state index in [0.29, 0.717) is 5.56 Å². The SMILES string of the molecule is CCOC(=O)c1ccc(Oc2ccc([N+](=O)[O-])cc2[N+](=O)[O-])cc1. The normalized spacial score (nSPS) is 10.0. The number of esters is 1. The van der Waals surface area contributed by atoms with E-state index in [1.165, 1.54) is 24.3 Å². The van der Waals surface area contributed by atoms with E-state index in [9.17, 15) is 25.0 Å². The first-order valence-electron chi connectivity index (χ1n) is 6.80. The van der Waals surface area contributed by atoms with Crippen molar-refractivity contribution in [3.63, 3.8) is 0 Å². The molecule has 2 aromatic rings. The summed E-state index contributed by atoms with van der Waals surface area (Å²) < 4.78 is 10.2. The predicted octanol–water partition coefficient (Wildman–Crippen LogP) is 3.47. The van der Waals surface area contributed by atoms with Crippen molar-refractivity contribution in [2.75, 3.05) is 6.61 Å². The molecule has 2 aromatic carbocycles. The number of carbonyl (C=O) groups excluding carboxylic acids is 1. The van der Waals surface area contributed by atoms with Crippen LogP contribution in [0.2, 0.25) is 0 Å². The Balaban J connectivity index is 2.26. The molecule has 9 heteroatoms. The molecule has 0 aliphatic carbocycles. The lowest BCUT2D eigenvalue weighted by Gasteiger charge is -2.07. The first kappa shape index (κ1) is 16.9. The molecule has 0 unspecified atom stereocenters. The summed E-state index contributed by atoms with van der Waals surface area (Å²) in [6, 6.07) is 8.86. The number of carbonyl (C=O) groups is 1. The summed E-state index contributed by atoms with van der Waals surface area (Å²) in [6.45, 7) is 1.93. The van der Waals surface area contributed by atoms with Gasteiger partial charge in [-0.15, -0.1) is 0 Å². The Labute approximate surface area is 135 Å². The van der Waals surface area contributed by atoms with Gasteiger partial charge in [-0.05, 0) is 37.3 Å². The number of rotatable bonds is 6. The Bertz CT molecular complexity index is 787. The highest BCUT2D eigenvalue weighted by Gasteiger charge is 2.21. The molecule has 0 aliphatic rings. The maximum absolute atomic E-state index is 11.5. The molecule has 0 saturated heterocycles. The van der Waals surface area contributed by atoms with Crippen molar-refractivity contribution in [2.24, 2.45) is 0 Å². The molecular weight excluding hydrogens is 320 g/mol. The van der Waals surface area contributed by atoms with Crippen LogP contribution in [0.5, 0.6) is 11.5 Å². The highest BCUT2D eigenvalue weighted by molar-refractivity contribution is 5.89. The number of hydrogen-bond donors (Lipinski definition) is 0. The van der Waals surface area contributed by atoms with Crippen molar-refractivity contribution in [1.29, 1.82) is 0 Å². The van der Waals surface area contributed by atoms with E-state index in [-0.39, 0.29) is 18.1 Å². The van der Waals surface area contributed by atoms with Crippen LogP contribution in [0.4, 0.5) is 11.4 Å². The van der Waals surface area contributed by atoms with Crippen LogP contribution in [0, 0.1) is 20.2 Å². The average molecular weight is 332 g/mol. The molecule has 2 rings (SSSR count). The van der Waals surface area contributed by atoms with E-state index in [4.69, 9.17) is 9.47 Å². The highest BCUT2D eigenvalue weighted by Crippen LogP contribution is 2.34. The summed E-state index contributed by atoms with van der Waals surface area (Å²) in [5.41, 5.74) is -0.632. The molecule has 24 heavy (non-hydrogen) atoms. The van der Waals surface area contributed by atoms with Gasteiger partial charge >= 0.3 is 11.7 Å². The van der Waals surface area contributed by atoms with Gasteiger partial charge in [-0.3, -0.25) is 20.2 Å². The summed E-state index contributed by atoms with van der Waals surface area (Å²) in [5, 5.41) is 21.7. The number of nitrogens with zero attached hydrogens (tertiary/aromatic N) is 2. The molecule has 0 aromatic heterocycles. The van der Waals surface area contributed by atoms with Crippen LogP contribution >= 0.6 is 0 Å². The van der Waals surface area contributed by atoms with Gasteiger partial charge in [0.1, 0.15) is 5.75 Å². The van der Waals surface area contributed by atoms with Gasteiger partial charge in [-0.2, -0.15) is 0 Å². The smallest absolute Gasteiger partial charge is 0.338 e. The number of nitro groups is 2. The van der Waals surface area contributed by atoms with Crippen LogP contribution in [0.1, 0.15) is 17.3 Å². The Morgan fingerprint density at radius 3 is 2.25 bits per heavy atom. The second-order valence-corrected chi connectivity index (χ2v) is 4.51. The standard InChI is InChI=1S/C15H12N2O7/c1-2-23-15(18)10-3-6-12(7-4-10)24-14-8-5-11(16(19)20)9-13(14)17(21)22/h3-9H,2H2,1H3. The molecule has 0 atom stereocenters. The van der Waals surface area contributed by atoms with Crippen LogP contribution in [0.3, 0.4) is 0 Å². The van der Waals surface area contributed by atoms with Gasteiger partial charge in [0.2, 0.25) is 5.75 Å². The summed E-state index contributed by atoms with van der Waals surface area (Å²) in [4.78, 5) is 31.8. The number of hydrogen-bond acceptors (Lipinski definition) is 7. The Kier molecular flexibility index (Phi) is 5.05. The highest BCUT2D eigenvalue weighted by atomic mass is 16.6. The van der Waals surface area contributed by atoms with Crippen molar-refractivity contribution >= 4 is 17.3 Å². The Morgan fingerprint density at radius 1 is 1.04 bits per heavy atom. The largest absolute Gasteiger partial charge is 0.462 e. The van der Waals surface area contributed by atoms with Gasteiger partial charge in [0.05, 0.1) is 28.1 Å². The van der Waals surface area contributed by atoms with Crippen LogP contribution in [0.25, 0.3) is 0 Å². The third kappa shape index (κ3) is 3.83. The number of benzene rings is 2. The molecule has 0 bridgehead atoms. The molecule has 0 heterocycles. The summed E-state index contributed by atoms with van der Waals surface area (Å²) in [6.07, 6.45) is 0. The molecule has 0 amide bonds. The van der Waals surface area contributed by atoms with E-state index >= 15 is 0 Å². The fourth-order valence-corrected chi connectivity index (χ4v) is 1.85. The van der Waals surface area contributed by atoms with Gasteiger partial charge in [-0.1, -0.05) is 0 Å². The second kappa shape index (κ2) is 7.18. The van der Waals surface area contributed by atoms with Crippen LogP contribution < -0.4 is 4.74 Å². The Hall–Kier alpha value is -3.49. The fourth-order valence-electron chi connectivity index (χ4n) is 1.85. The number of ether oxygens (including phenoxy) is 2. The molecule has 0 N–H and O–H groups in total. The van der Waals surface area contributed by atoms with Crippen molar-refractivity contribution in [3.8, 4) is 11.5 Å². The number of non-ortho nitro benzene ring substituents is 1. The monoisotopic (exact) mass is 332 g/mol. The molecule has 0 aliphatic heterocycles. The lowest BCUT2D eigenvalue weighted by Crippen LogP contribution is -2.04. The molecule has 0 spiro atoms. The van der Waals surface area contributed by atoms with E-state index in [1.807, 2.05) is 0 Å². The minimum atomic E-state index is -0.769. The van der Waals surface area contributed by atoms with Crippen molar-refractivity contribution in [2.45, 2.75) is 6.92 Å². The minimum Gasteiger partial charge on any atom is -0.462 e. The summed E-state index contributed by atoms with van der Waals surface area (Å²) >= 11 is 0. The third-order valence-corrected chi connectivity index (χ3v) is 2.94. The van der Waals surface area contributed by atoms with Crippen LogP contribution in [-0.4, -0.2) is 22.4 Å². The van der Waals surface area contributed by atoms with E-state index in [1.54, 1.807) is 6.92 Å². The first-order valence-corrected chi connectivity index (χ1v) is 6.80. The van der Waals surface area contributed by atoms with Gasteiger partial charge in [0.15, 0.2) is 0 Å². The van der Waals surface area contributed by atoms with E-state index in [0.717, 1.165) is 18.2 Å². The first-order chi connectivity index (χ1) is 11.4. The van der Waals surface area contributed by atoms with E-state index in [2.05, 4.69) is 0 Å². The van der Waals surface area contributed by atoms with Crippen molar-refractivity contribution < 1.29 is 24.1 Å². The minimum absolute atomic E-state index is 0.144. The van der Waals surface area contributed by atoms with Crippen LogP contribution in [-0.2, 0) is 4.74 Å². The maximum atomic E-state index is 11.5. The zero-order valence-electron chi connectivity index (χ0n) is 12.5. The molecule has 124 valence electrons. The zero-order chi connectivity index (χ0) is 17.7. The second-order valence-electron chi connectivity index (χ2n) is 4.51. The lowest BCUT2D eigenvalue weighted by atomic mass is 10.2. The van der Waals surface area contributed by atoms with Crippen molar-refractivity contribution in [3.05, 3.63) is 68.3 Å². The summed E-state index contributed by atoms with van der Waals surface area (Å²) in [7, 11) is 0.